The number of hydroxylamine groups is 1. The van der Waals surface area contributed by atoms with Gasteiger partial charge in [0, 0.05) is 36.6 Å². The van der Waals surface area contributed by atoms with E-state index in [4.69, 9.17) is 14.3 Å². The Balaban J connectivity index is 1.26. The monoisotopic (exact) mass is 557 g/mol. The number of amides is 2. The number of benzene rings is 3. The third kappa shape index (κ3) is 7.94. The molecule has 0 radical (unpaired) electrons. The van der Waals surface area contributed by atoms with Crippen LogP contribution in [0.3, 0.4) is 0 Å². The molecule has 0 saturated carbocycles. The van der Waals surface area contributed by atoms with E-state index >= 15 is 0 Å². The van der Waals surface area contributed by atoms with Gasteiger partial charge < -0.3 is 19.7 Å². The molecule has 0 aromatic heterocycles. The number of carbonyl (C=O) groups excluding carboxylic acids is 2. The lowest BCUT2D eigenvalue weighted by Gasteiger charge is -2.22. The van der Waals surface area contributed by atoms with Crippen LogP contribution in [-0.2, 0) is 14.4 Å². The maximum Gasteiger partial charge on any atom is 0.274 e. The molecular formula is C33H39N3O5. The van der Waals surface area contributed by atoms with E-state index in [0.29, 0.717) is 30.3 Å². The molecule has 0 spiro atoms. The number of hydrogen-bond acceptors (Lipinski definition) is 6. The minimum atomic E-state index is -0.410. The van der Waals surface area contributed by atoms with Crippen molar-refractivity contribution in [2.75, 3.05) is 33.4 Å². The third-order valence-electron chi connectivity index (χ3n) is 7.79. The van der Waals surface area contributed by atoms with Crippen molar-refractivity contribution in [1.29, 1.82) is 0 Å². The molecule has 2 saturated heterocycles. The molecule has 8 nitrogen and oxygen atoms in total. The quantitative estimate of drug-likeness (QED) is 0.252. The number of fused-ring (bicyclic) bond motifs is 1. The van der Waals surface area contributed by atoms with Crippen LogP contribution in [0.4, 0.5) is 0 Å². The highest BCUT2D eigenvalue weighted by Crippen LogP contribution is 2.26. The molecule has 0 bridgehead atoms. The van der Waals surface area contributed by atoms with Gasteiger partial charge in [0.1, 0.15) is 12.4 Å². The first-order valence-electron chi connectivity index (χ1n) is 14.5. The molecule has 2 heterocycles. The Bertz CT molecular complexity index is 1350. The molecule has 3 aromatic rings. The van der Waals surface area contributed by atoms with Gasteiger partial charge in [-0.15, -0.1) is 0 Å². The van der Waals surface area contributed by atoms with Gasteiger partial charge in [0.2, 0.25) is 0 Å². The zero-order valence-corrected chi connectivity index (χ0v) is 23.6. The third-order valence-corrected chi connectivity index (χ3v) is 7.79. The van der Waals surface area contributed by atoms with Gasteiger partial charge in [0.05, 0.1) is 5.57 Å². The van der Waals surface area contributed by atoms with E-state index in [0.717, 1.165) is 60.7 Å². The van der Waals surface area contributed by atoms with E-state index in [-0.39, 0.29) is 18.4 Å². The highest BCUT2D eigenvalue weighted by molar-refractivity contribution is 5.98. The fourth-order valence-corrected chi connectivity index (χ4v) is 5.37. The van der Waals surface area contributed by atoms with E-state index in [9.17, 15) is 9.59 Å². The van der Waals surface area contributed by atoms with Crippen LogP contribution >= 0.6 is 0 Å². The zero-order chi connectivity index (χ0) is 28.4. The fraction of sp³-hybridized carbons (Fsp3) is 0.394. The fourth-order valence-electron chi connectivity index (χ4n) is 5.37. The first-order chi connectivity index (χ1) is 20.1. The second-order valence-corrected chi connectivity index (χ2v) is 10.7. The number of carbonyl (C=O) groups is 2. The van der Waals surface area contributed by atoms with Crippen LogP contribution in [-0.4, -0.2) is 62.4 Å². The lowest BCUT2D eigenvalue weighted by atomic mass is 10.1. The molecule has 2 fully saturated rings. The Morgan fingerprint density at radius 2 is 1.83 bits per heavy atom. The molecule has 0 aliphatic carbocycles. The second kappa shape index (κ2) is 14.3. The highest BCUT2D eigenvalue weighted by atomic mass is 16.8. The molecular weight excluding hydrogens is 518 g/mol. The lowest BCUT2D eigenvalue weighted by Crippen LogP contribution is -2.33. The molecule has 2 amide bonds. The molecule has 216 valence electrons. The van der Waals surface area contributed by atoms with Gasteiger partial charge in [0.25, 0.3) is 11.8 Å². The maximum atomic E-state index is 13.3. The predicted molar refractivity (Wildman–Crippen MR) is 159 cm³/mol. The first-order valence-corrected chi connectivity index (χ1v) is 14.5. The summed E-state index contributed by atoms with van der Waals surface area (Å²) in [6.07, 6.45) is 7.46. The van der Waals surface area contributed by atoms with Crippen LogP contribution in [0.5, 0.6) is 5.75 Å². The average molecular weight is 558 g/mol. The molecule has 3 aromatic carbocycles. The summed E-state index contributed by atoms with van der Waals surface area (Å²) in [5, 5.41) is 5.17. The summed E-state index contributed by atoms with van der Waals surface area (Å²) >= 11 is 0. The average Bonchev–Trinajstić information content (AvgIpc) is 3.43. The smallest absolute Gasteiger partial charge is 0.274 e. The SMILES string of the molecule is CN1CCCC1CCNC(=O)/C(=C/c1ccc(C(=O)NOC2CCCCO2)cc1)COc1cccc2ccccc12. The number of rotatable bonds is 11. The van der Waals surface area contributed by atoms with Crippen molar-refractivity contribution in [2.45, 2.75) is 50.9 Å². The van der Waals surface area contributed by atoms with E-state index in [1.54, 1.807) is 12.1 Å². The number of ether oxygens (including phenoxy) is 2. The van der Waals surface area contributed by atoms with Crippen molar-refractivity contribution in [3.63, 3.8) is 0 Å². The van der Waals surface area contributed by atoms with Crippen LogP contribution in [0.15, 0.2) is 72.3 Å². The summed E-state index contributed by atoms with van der Waals surface area (Å²) in [5.41, 5.74) is 4.24. The van der Waals surface area contributed by atoms with Crippen molar-refractivity contribution in [3.05, 3.63) is 83.4 Å². The lowest BCUT2D eigenvalue weighted by molar-refractivity contribution is -0.186. The first kappa shape index (κ1) is 28.8. The van der Waals surface area contributed by atoms with Gasteiger partial charge >= 0.3 is 0 Å². The molecule has 2 atom stereocenters. The van der Waals surface area contributed by atoms with Crippen LogP contribution in [0.1, 0.15) is 54.4 Å². The molecule has 8 heteroatoms. The molecule has 2 aliphatic heterocycles. The molecule has 2 aliphatic rings. The standard InChI is InChI=1S/C33H39N3O5/c1-36-20-7-10-28(36)18-19-34-32(37)27(23-40-30-12-6-9-25-8-2-3-11-29(25)30)22-24-14-16-26(17-15-24)33(38)35-41-31-13-4-5-21-39-31/h2-3,6,8-9,11-12,14-17,22,28,31H,4-5,7,10,13,18-21,23H2,1H3,(H,34,37)(H,35,38)/b27-22+. The van der Waals surface area contributed by atoms with Gasteiger partial charge in [-0.2, -0.15) is 0 Å². The van der Waals surface area contributed by atoms with Gasteiger partial charge in [-0.3, -0.25) is 9.59 Å². The van der Waals surface area contributed by atoms with E-state index < -0.39 is 6.29 Å². The second-order valence-electron chi connectivity index (χ2n) is 10.7. The minimum Gasteiger partial charge on any atom is -0.488 e. The van der Waals surface area contributed by atoms with Crippen LogP contribution in [0.25, 0.3) is 16.8 Å². The number of likely N-dealkylation sites (tertiary alicyclic amines) is 1. The normalized spacial score (nSPS) is 19.7. The van der Waals surface area contributed by atoms with Crippen LogP contribution in [0.2, 0.25) is 0 Å². The summed E-state index contributed by atoms with van der Waals surface area (Å²) < 4.78 is 11.7. The summed E-state index contributed by atoms with van der Waals surface area (Å²) in [7, 11) is 2.14. The van der Waals surface area contributed by atoms with Crippen molar-refractivity contribution in [2.24, 2.45) is 0 Å². The van der Waals surface area contributed by atoms with Gasteiger partial charge in [-0.25, -0.2) is 10.3 Å². The topological polar surface area (TPSA) is 89.1 Å². The Hall–Kier alpha value is -3.72. The highest BCUT2D eigenvalue weighted by Gasteiger charge is 2.21. The van der Waals surface area contributed by atoms with Gasteiger partial charge in [-0.05, 0) is 80.9 Å². The summed E-state index contributed by atoms with van der Waals surface area (Å²) in [5.74, 6) is 0.223. The Labute approximate surface area is 241 Å². The molecule has 41 heavy (non-hydrogen) atoms. The van der Waals surface area contributed by atoms with Crippen LogP contribution in [0, 0.1) is 0 Å². The largest absolute Gasteiger partial charge is 0.488 e. The van der Waals surface area contributed by atoms with Crippen LogP contribution < -0.4 is 15.5 Å². The van der Waals surface area contributed by atoms with E-state index in [1.165, 1.54) is 6.42 Å². The van der Waals surface area contributed by atoms with Crippen molar-refractivity contribution in [3.8, 4) is 5.75 Å². The number of nitrogens with zero attached hydrogens (tertiary/aromatic N) is 1. The molecule has 2 N–H and O–H groups in total. The predicted octanol–water partition coefficient (Wildman–Crippen LogP) is 5.09. The summed E-state index contributed by atoms with van der Waals surface area (Å²) in [4.78, 5) is 33.6. The Morgan fingerprint density at radius 1 is 1.00 bits per heavy atom. The maximum absolute atomic E-state index is 13.3. The van der Waals surface area contributed by atoms with Gasteiger partial charge in [-0.1, -0.05) is 48.5 Å². The minimum absolute atomic E-state index is 0.112. The van der Waals surface area contributed by atoms with Gasteiger partial charge in [0.15, 0.2) is 6.29 Å². The number of hydrogen-bond donors (Lipinski definition) is 2. The molecule has 2 unspecified atom stereocenters. The van der Waals surface area contributed by atoms with E-state index in [1.807, 2.05) is 60.7 Å². The molecule has 5 rings (SSSR count). The summed E-state index contributed by atoms with van der Waals surface area (Å²) in [6.45, 7) is 2.46. The Kier molecular flexibility index (Phi) is 10.0. The van der Waals surface area contributed by atoms with Crippen molar-refractivity contribution < 1.29 is 23.9 Å². The van der Waals surface area contributed by atoms with E-state index in [2.05, 4.69) is 22.7 Å². The number of nitrogens with one attached hydrogen (secondary N) is 2. The van der Waals surface area contributed by atoms with Crippen molar-refractivity contribution >= 4 is 28.7 Å². The summed E-state index contributed by atoms with van der Waals surface area (Å²) in [6, 6.07) is 21.5. The Morgan fingerprint density at radius 3 is 2.61 bits per heavy atom. The van der Waals surface area contributed by atoms with Crippen molar-refractivity contribution in [1.82, 2.24) is 15.7 Å². The zero-order valence-electron chi connectivity index (χ0n) is 23.6.